The predicted octanol–water partition coefficient (Wildman–Crippen LogP) is 4.71. The fourth-order valence-corrected chi connectivity index (χ4v) is 3.25. The molecule has 1 aromatic heterocycles. The number of halogens is 1. The minimum absolute atomic E-state index is 0.0931. The van der Waals surface area contributed by atoms with Gasteiger partial charge in [0.05, 0.1) is 11.1 Å². The smallest absolute Gasteiger partial charge is 0.336 e. The first-order valence-electron chi connectivity index (χ1n) is 9.10. The number of fused-ring (bicyclic) bond motifs is 1. The molecule has 1 amide bonds. The van der Waals surface area contributed by atoms with E-state index >= 15 is 0 Å². The van der Waals surface area contributed by atoms with Crippen molar-refractivity contribution in [3.63, 3.8) is 0 Å². The number of hydrogen-bond donors (Lipinski definition) is 1. The van der Waals surface area contributed by atoms with Gasteiger partial charge in [0.25, 0.3) is 5.91 Å². The highest BCUT2D eigenvalue weighted by atomic mass is 35.5. The molecule has 0 saturated heterocycles. The molecule has 3 rings (SSSR count). The molecule has 0 bridgehead atoms. The van der Waals surface area contributed by atoms with E-state index < -0.39 is 5.63 Å². The number of ether oxygens (including phenoxy) is 1. The molecule has 2 aromatic carbocycles. The van der Waals surface area contributed by atoms with E-state index in [1.807, 2.05) is 38.1 Å². The molecular weight excluding hydrogens is 378 g/mol. The monoisotopic (exact) mass is 399 g/mol. The first-order valence-corrected chi connectivity index (χ1v) is 9.48. The summed E-state index contributed by atoms with van der Waals surface area (Å²) in [6, 6.07) is 12.6. The van der Waals surface area contributed by atoms with Gasteiger partial charge >= 0.3 is 5.63 Å². The zero-order chi connectivity index (χ0) is 20.3. The van der Waals surface area contributed by atoms with Crippen LogP contribution in [0.15, 0.2) is 51.7 Å². The lowest BCUT2D eigenvalue weighted by molar-refractivity contribution is -0.123. The second-order valence-corrected chi connectivity index (χ2v) is 7.16. The second-order valence-electron chi connectivity index (χ2n) is 6.75. The van der Waals surface area contributed by atoms with Crippen LogP contribution in [0.25, 0.3) is 11.0 Å². The third kappa shape index (κ3) is 4.54. The Morgan fingerprint density at radius 1 is 1.18 bits per heavy atom. The van der Waals surface area contributed by atoms with Gasteiger partial charge in [-0.2, -0.15) is 0 Å². The Labute approximate surface area is 168 Å². The molecule has 0 spiro atoms. The van der Waals surface area contributed by atoms with Gasteiger partial charge in [-0.25, -0.2) is 4.79 Å². The predicted molar refractivity (Wildman–Crippen MR) is 110 cm³/mol. The van der Waals surface area contributed by atoms with Gasteiger partial charge in [0.15, 0.2) is 6.61 Å². The number of aryl methyl sites for hydroxylation is 2. The molecular formula is C22H22ClNO4. The molecule has 1 N–H and O–H groups in total. The summed E-state index contributed by atoms with van der Waals surface area (Å²) in [5.41, 5.74) is 2.90. The van der Waals surface area contributed by atoms with Crippen LogP contribution in [0.4, 0.5) is 0 Å². The molecule has 0 saturated carbocycles. The Kier molecular flexibility index (Phi) is 6.05. The largest absolute Gasteiger partial charge is 0.482 e. The number of benzene rings is 2. The summed E-state index contributed by atoms with van der Waals surface area (Å²) in [6.07, 6.45) is 0.760. The van der Waals surface area contributed by atoms with Crippen LogP contribution in [0.5, 0.6) is 5.75 Å². The summed E-state index contributed by atoms with van der Waals surface area (Å²) in [7, 11) is 0. The van der Waals surface area contributed by atoms with Gasteiger partial charge in [0.2, 0.25) is 0 Å². The lowest BCUT2D eigenvalue weighted by Gasteiger charge is -2.18. The summed E-state index contributed by atoms with van der Waals surface area (Å²) in [4.78, 5) is 23.9. The molecule has 146 valence electrons. The maximum Gasteiger partial charge on any atom is 0.336 e. The topological polar surface area (TPSA) is 68.5 Å². The SMILES string of the molecule is CC[C@H](NC(=O)COc1cc2oc(=O)cc(C)c2cc1Cl)c1ccc(C)cc1. The van der Waals surface area contributed by atoms with E-state index in [2.05, 4.69) is 5.32 Å². The maximum atomic E-state index is 12.4. The van der Waals surface area contributed by atoms with Crippen LogP contribution in [-0.4, -0.2) is 12.5 Å². The summed E-state index contributed by atoms with van der Waals surface area (Å²) in [6.45, 7) is 5.65. The first-order chi connectivity index (χ1) is 13.4. The average molecular weight is 400 g/mol. The van der Waals surface area contributed by atoms with Gasteiger partial charge < -0.3 is 14.5 Å². The number of nitrogens with one attached hydrogen (secondary N) is 1. The quantitative estimate of drug-likeness (QED) is 0.609. The third-order valence-electron chi connectivity index (χ3n) is 4.59. The van der Waals surface area contributed by atoms with Crippen LogP contribution in [0.2, 0.25) is 5.02 Å². The number of rotatable bonds is 6. The fraction of sp³-hybridized carbons (Fsp3) is 0.273. The standard InChI is InChI=1S/C22H22ClNO4/c1-4-18(15-7-5-13(2)6-8-15)24-21(25)12-27-20-11-19-16(10-17(20)23)14(3)9-22(26)28-19/h5-11,18H,4,12H2,1-3H3,(H,24,25)/t18-/m0/s1. The van der Waals surface area contributed by atoms with Crippen LogP contribution in [0, 0.1) is 13.8 Å². The van der Waals surface area contributed by atoms with Crippen molar-refractivity contribution in [3.05, 3.63) is 74.6 Å². The van der Waals surface area contributed by atoms with Crippen LogP contribution in [-0.2, 0) is 4.79 Å². The van der Waals surface area contributed by atoms with Crippen molar-refractivity contribution in [1.29, 1.82) is 0 Å². The van der Waals surface area contributed by atoms with Crippen molar-refractivity contribution >= 4 is 28.5 Å². The second kappa shape index (κ2) is 8.48. The van der Waals surface area contributed by atoms with Crippen molar-refractivity contribution in [2.75, 3.05) is 6.61 Å². The number of amides is 1. The van der Waals surface area contributed by atoms with Crippen molar-refractivity contribution in [1.82, 2.24) is 5.32 Å². The lowest BCUT2D eigenvalue weighted by Crippen LogP contribution is -2.32. The Morgan fingerprint density at radius 2 is 1.89 bits per heavy atom. The van der Waals surface area contributed by atoms with Crippen molar-refractivity contribution in [2.24, 2.45) is 0 Å². The highest BCUT2D eigenvalue weighted by Crippen LogP contribution is 2.31. The van der Waals surface area contributed by atoms with E-state index in [-0.39, 0.29) is 18.6 Å². The number of hydrogen-bond acceptors (Lipinski definition) is 4. The van der Waals surface area contributed by atoms with Crippen molar-refractivity contribution < 1.29 is 13.9 Å². The average Bonchev–Trinajstić information content (AvgIpc) is 2.66. The third-order valence-corrected chi connectivity index (χ3v) is 4.88. The Morgan fingerprint density at radius 3 is 2.57 bits per heavy atom. The fourth-order valence-electron chi connectivity index (χ4n) is 3.03. The maximum absolute atomic E-state index is 12.4. The van der Waals surface area contributed by atoms with E-state index in [0.29, 0.717) is 16.4 Å². The molecule has 0 fully saturated rings. The van der Waals surface area contributed by atoms with Crippen molar-refractivity contribution in [3.8, 4) is 5.75 Å². The Hall–Kier alpha value is -2.79. The van der Waals surface area contributed by atoms with Gasteiger partial charge in [-0.1, -0.05) is 48.4 Å². The molecule has 0 aliphatic heterocycles. The van der Waals surface area contributed by atoms with Gasteiger partial charge in [-0.3, -0.25) is 4.79 Å². The molecule has 6 heteroatoms. The zero-order valence-electron chi connectivity index (χ0n) is 16.0. The Balaban J connectivity index is 1.70. The molecule has 0 aliphatic carbocycles. The molecule has 3 aromatic rings. The van der Waals surface area contributed by atoms with Crippen LogP contribution in [0.3, 0.4) is 0 Å². The van der Waals surface area contributed by atoms with Gasteiger partial charge in [0.1, 0.15) is 11.3 Å². The molecule has 5 nitrogen and oxygen atoms in total. The summed E-state index contributed by atoms with van der Waals surface area (Å²) in [5.74, 6) is 0.0377. The van der Waals surface area contributed by atoms with E-state index in [1.165, 1.54) is 17.7 Å². The molecule has 0 aliphatic rings. The first kappa shape index (κ1) is 20.0. The van der Waals surface area contributed by atoms with E-state index in [0.717, 1.165) is 22.9 Å². The lowest BCUT2D eigenvalue weighted by atomic mass is 10.0. The normalized spacial score (nSPS) is 12.0. The molecule has 1 heterocycles. The number of carbonyl (C=O) groups excluding carboxylic acids is 1. The van der Waals surface area contributed by atoms with Gasteiger partial charge in [-0.15, -0.1) is 0 Å². The minimum atomic E-state index is -0.445. The summed E-state index contributed by atoms with van der Waals surface area (Å²) in [5, 5.41) is 4.05. The zero-order valence-corrected chi connectivity index (χ0v) is 16.8. The van der Waals surface area contributed by atoms with Crippen LogP contribution >= 0.6 is 11.6 Å². The summed E-state index contributed by atoms with van der Waals surface area (Å²) >= 11 is 6.27. The molecule has 0 radical (unpaired) electrons. The summed E-state index contributed by atoms with van der Waals surface area (Å²) < 4.78 is 10.8. The van der Waals surface area contributed by atoms with E-state index in [9.17, 15) is 9.59 Å². The molecule has 28 heavy (non-hydrogen) atoms. The van der Waals surface area contributed by atoms with E-state index in [1.54, 1.807) is 13.0 Å². The van der Waals surface area contributed by atoms with Crippen LogP contribution < -0.4 is 15.7 Å². The highest BCUT2D eigenvalue weighted by Gasteiger charge is 2.15. The molecule has 1 atom stereocenters. The van der Waals surface area contributed by atoms with Crippen molar-refractivity contribution in [2.45, 2.75) is 33.2 Å². The van der Waals surface area contributed by atoms with Gasteiger partial charge in [0, 0.05) is 17.5 Å². The van der Waals surface area contributed by atoms with E-state index in [4.69, 9.17) is 20.8 Å². The highest BCUT2D eigenvalue weighted by molar-refractivity contribution is 6.32. The minimum Gasteiger partial charge on any atom is -0.482 e. The van der Waals surface area contributed by atoms with Crippen LogP contribution in [0.1, 0.15) is 36.1 Å². The van der Waals surface area contributed by atoms with Gasteiger partial charge in [-0.05, 0) is 37.5 Å². The number of carbonyl (C=O) groups is 1. The Bertz CT molecular complexity index is 1060. The molecule has 0 unspecified atom stereocenters.